The quantitative estimate of drug-likeness (QED) is 0.828. The van der Waals surface area contributed by atoms with Crippen LogP contribution in [0.3, 0.4) is 0 Å². The number of rotatable bonds is 4. The van der Waals surface area contributed by atoms with Crippen molar-refractivity contribution in [2.24, 2.45) is 7.05 Å². The first-order valence-corrected chi connectivity index (χ1v) is 6.35. The molecule has 0 aliphatic rings. The minimum atomic E-state index is -0.107. The maximum Gasteiger partial charge on any atom is 0.250 e. The lowest BCUT2D eigenvalue weighted by Gasteiger charge is -2.06. The highest BCUT2D eigenvalue weighted by Gasteiger charge is 2.04. The molecule has 2 rings (SSSR count). The molecule has 0 radical (unpaired) electrons. The second-order valence-electron chi connectivity index (χ2n) is 4.66. The normalized spacial score (nSPS) is 10.2. The van der Waals surface area contributed by atoms with E-state index in [0.717, 1.165) is 5.56 Å². The molecule has 5 heteroatoms. The Morgan fingerprint density at radius 2 is 1.90 bits per heavy atom. The van der Waals surface area contributed by atoms with Gasteiger partial charge in [-0.2, -0.15) is 0 Å². The minimum Gasteiger partial charge on any atom is -0.399 e. The van der Waals surface area contributed by atoms with Crippen molar-refractivity contribution in [1.82, 2.24) is 4.57 Å². The molecule has 0 saturated heterocycles. The first-order chi connectivity index (χ1) is 9.54. The Hall–Kier alpha value is -2.56. The van der Waals surface area contributed by atoms with E-state index in [0.29, 0.717) is 24.2 Å². The van der Waals surface area contributed by atoms with Crippen LogP contribution in [0, 0.1) is 0 Å². The lowest BCUT2D eigenvalue weighted by molar-refractivity contribution is -0.116. The molecule has 0 saturated carbocycles. The summed E-state index contributed by atoms with van der Waals surface area (Å²) in [5, 5.41) is 2.77. The van der Waals surface area contributed by atoms with Crippen LogP contribution in [0.2, 0.25) is 0 Å². The number of nitrogen functional groups attached to an aromatic ring is 1. The number of pyridine rings is 1. The average molecular weight is 271 g/mol. The van der Waals surface area contributed by atoms with Crippen LogP contribution in [0.4, 0.5) is 11.4 Å². The third-order valence-electron chi connectivity index (χ3n) is 2.99. The van der Waals surface area contributed by atoms with Crippen LogP contribution in [-0.4, -0.2) is 10.5 Å². The van der Waals surface area contributed by atoms with Gasteiger partial charge in [-0.1, -0.05) is 12.1 Å². The molecule has 5 nitrogen and oxygen atoms in total. The zero-order chi connectivity index (χ0) is 14.5. The maximum atomic E-state index is 11.8. The van der Waals surface area contributed by atoms with Crippen molar-refractivity contribution in [3.05, 3.63) is 58.5 Å². The molecule has 0 bridgehead atoms. The number of anilines is 2. The van der Waals surface area contributed by atoms with Gasteiger partial charge in [0.2, 0.25) is 11.5 Å². The first kappa shape index (κ1) is 13.9. The Bertz CT molecular complexity index is 660. The molecule has 2 aromatic rings. The number of aromatic nitrogens is 1. The van der Waals surface area contributed by atoms with Crippen LogP contribution in [-0.2, 0) is 18.3 Å². The SMILES string of the molecule is Cn1cc(NC(=O)CCc2ccc(N)cc2)ccc1=O. The monoisotopic (exact) mass is 271 g/mol. The molecule has 0 fully saturated rings. The predicted molar refractivity (Wildman–Crippen MR) is 79.5 cm³/mol. The number of hydrogen-bond acceptors (Lipinski definition) is 3. The van der Waals surface area contributed by atoms with Crippen LogP contribution in [0.15, 0.2) is 47.4 Å². The summed E-state index contributed by atoms with van der Waals surface area (Å²) >= 11 is 0. The van der Waals surface area contributed by atoms with Crippen LogP contribution >= 0.6 is 0 Å². The van der Waals surface area contributed by atoms with Crippen molar-refractivity contribution in [3.63, 3.8) is 0 Å². The molecule has 0 spiro atoms. The average Bonchev–Trinajstić information content (AvgIpc) is 2.42. The zero-order valence-corrected chi connectivity index (χ0v) is 11.3. The Balaban J connectivity index is 1.90. The summed E-state index contributed by atoms with van der Waals surface area (Å²) in [6.07, 6.45) is 2.63. The molecular weight excluding hydrogens is 254 g/mol. The number of carbonyl (C=O) groups excluding carboxylic acids is 1. The molecule has 20 heavy (non-hydrogen) atoms. The van der Waals surface area contributed by atoms with Crippen molar-refractivity contribution in [2.45, 2.75) is 12.8 Å². The fourth-order valence-electron chi connectivity index (χ4n) is 1.83. The zero-order valence-electron chi connectivity index (χ0n) is 11.3. The Morgan fingerprint density at radius 3 is 2.55 bits per heavy atom. The standard InChI is InChI=1S/C15H17N3O2/c1-18-10-13(7-9-15(18)20)17-14(19)8-4-11-2-5-12(16)6-3-11/h2-3,5-7,9-10H,4,8,16H2,1H3,(H,17,19). The van der Waals surface area contributed by atoms with E-state index in [4.69, 9.17) is 5.73 Å². The minimum absolute atomic E-state index is 0.0829. The molecule has 0 atom stereocenters. The summed E-state index contributed by atoms with van der Waals surface area (Å²) in [7, 11) is 1.65. The third-order valence-corrected chi connectivity index (χ3v) is 2.99. The van der Waals surface area contributed by atoms with E-state index in [-0.39, 0.29) is 11.5 Å². The third kappa shape index (κ3) is 3.71. The highest BCUT2D eigenvalue weighted by atomic mass is 16.1. The van der Waals surface area contributed by atoms with E-state index in [9.17, 15) is 9.59 Å². The number of aryl methyl sites for hydroxylation is 2. The lowest BCUT2D eigenvalue weighted by atomic mass is 10.1. The van der Waals surface area contributed by atoms with Crippen LogP contribution in [0.25, 0.3) is 0 Å². The molecule has 1 aromatic heterocycles. The number of hydrogen-bond donors (Lipinski definition) is 2. The summed E-state index contributed by atoms with van der Waals surface area (Å²) in [5.41, 5.74) is 7.89. The summed E-state index contributed by atoms with van der Waals surface area (Å²) in [4.78, 5) is 23.1. The summed E-state index contributed by atoms with van der Waals surface area (Å²) in [5.74, 6) is -0.0829. The van der Waals surface area contributed by atoms with Gasteiger partial charge in [0, 0.05) is 31.4 Å². The van der Waals surface area contributed by atoms with E-state index < -0.39 is 0 Å². The number of nitrogens with zero attached hydrogens (tertiary/aromatic N) is 1. The second-order valence-corrected chi connectivity index (χ2v) is 4.66. The van der Waals surface area contributed by atoms with E-state index in [1.54, 1.807) is 19.3 Å². The Morgan fingerprint density at radius 1 is 1.20 bits per heavy atom. The van der Waals surface area contributed by atoms with Crippen molar-refractivity contribution in [3.8, 4) is 0 Å². The van der Waals surface area contributed by atoms with Crippen molar-refractivity contribution >= 4 is 17.3 Å². The maximum absolute atomic E-state index is 11.8. The molecule has 0 aliphatic carbocycles. The van der Waals surface area contributed by atoms with Gasteiger partial charge in [-0.05, 0) is 30.2 Å². The van der Waals surface area contributed by atoms with Gasteiger partial charge in [0.05, 0.1) is 5.69 Å². The highest BCUT2D eigenvalue weighted by molar-refractivity contribution is 5.90. The van der Waals surface area contributed by atoms with Crippen LogP contribution in [0.1, 0.15) is 12.0 Å². The van der Waals surface area contributed by atoms with Crippen molar-refractivity contribution in [2.75, 3.05) is 11.1 Å². The van der Waals surface area contributed by atoms with Crippen molar-refractivity contribution < 1.29 is 4.79 Å². The van der Waals surface area contributed by atoms with Gasteiger partial charge in [0.1, 0.15) is 0 Å². The van der Waals surface area contributed by atoms with Gasteiger partial charge < -0.3 is 15.6 Å². The number of carbonyl (C=O) groups is 1. The lowest BCUT2D eigenvalue weighted by Crippen LogP contribution is -2.18. The smallest absolute Gasteiger partial charge is 0.250 e. The molecule has 1 aromatic carbocycles. The van der Waals surface area contributed by atoms with E-state index in [2.05, 4.69) is 5.32 Å². The fraction of sp³-hybridized carbons (Fsp3) is 0.200. The predicted octanol–water partition coefficient (Wildman–Crippen LogP) is 1.54. The van der Waals surface area contributed by atoms with Crippen LogP contribution in [0.5, 0.6) is 0 Å². The first-order valence-electron chi connectivity index (χ1n) is 6.35. The summed E-state index contributed by atoms with van der Waals surface area (Å²) < 4.78 is 1.43. The van der Waals surface area contributed by atoms with E-state index >= 15 is 0 Å². The topological polar surface area (TPSA) is 77.1 Å². The molecule has 1 amide bonds. The number of nitrogens with one attached hydrogen (secondary N) is 1. The van der Waals surface area contributed by atoms with Gasteiger partial charge in [-0.15, -0.1) is 0 Å². The molecule has 3 N–H and O–H groups in total. The molecular formula is C15H17N3O2. The molecule has 1 heterocycles. The van der Waals surface area contributed by atoms with Gasteiger partial charge in [-0.3, -0.25) is 9.59 Å². The fourth-order valence-corrected chi connectivity index (χ4v) is 1.83. The van der Waals surface area contributed by atoms with Gasteiger partial charge >= 0.3 is 0 Å². The van der Waals surface area contributed by atoms with Gasteiger partial charge in [0.25, 0.3) is 0 Å². The van der Waals surface area contributed by atoms with Gasteiger partial charge in [-0.25, -0.2) is 0 Å². The Labute approximate surface area is 117 Å². The molecule has 104 valence electrons. The van der Waals surface area contributed by atoms with E-state index in [1.165, 1.54) is 10.6 Å². The number of amides is 1. The molecule has 0 unspecified atom stereocenters. The van der Waals surface area contributed by atoms with Gasteiger partial charge in [0.15, 0.2) is 0 Å². The number of benzene rings is 1. The second kappa shape index (κ2) is 6.06. The highest BCUT2D eigenvalue weighted by Crippen LogP contribution is 2.09. The summed E-state index contributed by atoms with van der Waals surface area (Å²) in [6, 6.07) is 10.5. The summed E-state index contributed by atoms with van der Waals surface area (Å²) in [6.45, 7) is 0. The Kier molecular flexibility index (Phi) is 4.20. The van der Waals surface area contributed by atoms with Crippen molar-refractivity contribution in [1.29, 1.82) is 0 Å². The number of nitrogens with two attached hydrogens (primary N) is 1. The van der Waals surface area contributed by atoms with Crippen LogP contribution < -0.4 is 16.6 Å². The van der Waals surface area contributed by atoms with E-state index in [1.807, 2.05) is 24.3 Å². The molecule has 0 aliphatic heterocycles. The largest absolute Gasteiger partial charge is 0.399 e.